The summed E-state index contributed by atoms with van der Waals surface area (Å²) < 4.78 is 10.3. The van der Waals surface area contributed by atoms with Gasteiger partial charge in [0.05, 0.1) is 25.0 Å². The molecule has 0 amide bonds. The Kier molecular flexibility index (Phi) is 2.63. The highest BCUT2D eigenvalue weighted by Gasteiger charge is 2.36. The van der Waals surface area contributed by atoms with Crippen LogP contribution < -0.4 is 0 Å². The fraction of sp³-hybridized carbons (Fsp3) is 0.545. The molecule has 0 aliphatic carbocycles. The molecule has 86 valence electrons. The van der Waals surface area contributed by atoms with Gasteiger partial charge in [0.1, 0.15) is 0 Å². The lowest BCUT2D eigenvalue weighted by Gasteiger charge is -2.22. The number of methoxy groups -OCH3 is 1. The van der Waals surface area contributed by atoms with E-state index < -0.39 is 5.97 Å². The average Bonchev–Trinajstić information content (AvgIpc) is 2.66. The topological polar surface area (TPSA) is 61.3 Å². The maximum atomic E-state index is 11.3. The third-order valence-corrected chi connectivity index (χ3v) is 3.04. The van der Waals surface area contributed by atoms with Gasteiger partial charge in [0.2, 0.25) is 0 Å². The molecule has 1 atom stereocenters. The van der Waals surface area contributed by atoms with Crippen LogP contribution in [0.25, 0.3) is 0 Å². The van der Waals surface area contributed by atoms with Gasteiger partial charge in [0.15, 0.2) is 5.69 Å². The highest BCUT2D eigenvalue weighted by atomic mass is 16.5. The second kappa shape index (κ2) is 3.83. The van der Waals surface area contributed by atoms with E-state index in [0.717, 1.165) is 17.7 Å². The summed E-state index contributed by atoms with van der Waals surface area (Å²) in [7, 11) is 1.33. The Balaban J connectivity index is 2.45. The van der Waals surface area contributed by atoms with Crippen LogP contribution in [-0.4, -0.2) is 23.3 Å². The predicted molar refractivity (Wildman–Crippen MR) is 55.8 cm³/mol. The van der Waals surface area contributed by atoms with Crippen molar-refractivity contribution in [3.63, 3.8) is 0 Å². The molecule has 5 heteroatoms. The summed E-state index contributed by atoms with van der Waals surface area (Å²) >= 11 is 0. The molecule has 1 aromatic rings. The van der Waals surface area contributed by atoms with Gasteiger partial charge in [0, 0.05) is 5.56 Å². The van der Waals surface area contributed by atoms with Gasteiger partial charge >= 0.3 is 5.97 Å². The Labute approximate surface area is 93.8 Å². The fourth-order valence-corrected chi connectivity index (χ4v) is 1.78. The number of hydrogen-bond acceptors (Lipinski definition) is 5. The predicted octanol–water partition coefficient (Wildman–Crippen LogP) is 1.42. The summed E-state index contributed by atoms with van der Waals surface area (Å²) in [6.45, 7) is 4.48. The van der Waals surface area contributed by atoms with E-state index in [1.54, 1.807) is 6.07 Å². The van der Waals surface area contributed by atoms with Crippen molar-refractivity contribution in [1.82, 2.24) is 10.2 Å². The molecular formula is C11H14N2O3. The highest BCUT2D eigenvalue weighted by molar-refractivity contribution is 5.87. The van der Waals surface area contributed by atoms with Gasteiger partial charge in [-0.3, -0.25) is 0 Å². The molecule has 0 N–H and O–H groups in total. The van der Waals surface area contributed by atoms with E-state index in [2.05, 4.69) is 14.9 Å². The second-order valence-corrected chi connectivity index (χ2v) is 3.95. The van der Waals surface area contributed by atoms with Crippen molar-refractivity contribution in [2.24, 2.45) is 0 Å². The van der Waals surface area contributed by atoms with Gasteiger partial charge in [-0.25, -0.2) is 4.79 Å². The number of esters is 1. The zero-order chi connectivity index (χ0) is 11.8. The standard InChI is InChI=1S/C11H14N2O3/c1-4-11(2)7-5-8(10(14)15-3)12-13-9(7)6-16-11/h5H,4,6H2,1-3H3. The number of carbonyl (C=O) groups excluding carboxylic acids is 1. The first-order valence-electron chi connectivity index (χ1n) is 5.20. The molecule has 0 fully saturated rings. The van der Waals surface area contributed by atoms with Crippen LogP contribution in [0.2, 0.25) is 0 Å². The molecule has 1 aliphatic rings. The van der Waals surface area contributed by atoms with Crippen LogP contribution in [0.5, 0.6) is 0 Å². The first kappa shape index (κ1) is 11.0. The molecule has 0 saturated carbocycles. The Hall–Kier alpha value is -1.49. The van der Waals surface area contributed by atoms with Crippen LogP contribution in [0.3, 0.4) is 0 Å². The molecule has 1 aromatic heterocycles. The van der Waals surface area contributed by atoms with Gasteiger partial charge < -0.3 is 9.47 Å². The third-order valence-electron chi connectivity index (χ3n) is 3.04. The molecule has 1 aliphatic heterocycles. The Morgan fingerprint density at radius 1 is 1.62 bits per heavy atom. The zero-order valence-electron chi connectivity index (χ0n) is 9.61. The maximum Gasteiger partial charge on any atom is 0.358 e. The fourth-order valence-electron chi connectivity index (χ4n) is 1.78. The number of fused-ring (bicyclic) bond motifs is 1. The van der Waals surface area contributed by atoms with Crippen molar-refractivity contribution in [3.8, 4) is 0 Å². The quantitative estimate of drug-likeness (QED) is 0.708. The molecule has 2 heterocycles. The van der Waals surface area contributed by atoms with Gasteiger partial charge in [-0.1, -0.05) is 6.92 Å². The number of nitrogens with zero attached hydrogens (tertiary/aromatic N) is 2. The summed E-state index contributed by atoms with van der Waals surface area (Å²) in [5.74, 6) is -0.472. The van der Waals surface area contributed by atoms with Crippen LogP contribution in [0.4, 0.5) is 0 Å². The SMILES string of the molecule is CCC1(C)OCc2nnc(C(=O)OC)cc21. The molecule has 0 saturated heterocycles. The van der Waals surface area contributed by atoms with Gasteiger partial charge in [0.25, 0.3) is 0 Å². The second-order valence-electron chi connectivity index (χ2n) is 3.95. The summed E-state index contributed by atoms with van der Waals surface area (Å²) in [6, 6.07) is 1.71. The lowest BCUT2D eigenvalue weighted by Crippen LogP contribution is -2.20. The van der Waals surface area contributed by atoms with E-state index in [1.165, 1.54) is 7.11 Å². The van der Waals surface area contributed by atoms with Gasteiger partial charge in [-0.2, -0.15) is 5.10 Å². The van der Waals surface area contributed by atoms with Crippen molar-refractivity contribution < 1.29 is 14.3 Å². The van der Waals surface area contributed by atoms with Crippen molar-refractivity contribution in [2.45, 2.75) is 32.5 Å². The Morgan fingerprint density at radius 2 is 2.38 bits per heavy atom. The maximum absolute atomic E-state index is 11.3. The number of rotatable bonds is 2. The van der Waals surface area contributed by atoms with Gasteiger partial charge in [-0.05, 0) is 19.4 Å². The summed E-state index contributed by atoms with van der Waals surface area (Å²) in [5, 5.41) is 7.81. The van der Waals surface area contributed by atoms with Crippen LogP contribution in [-0.2, 0) is 21.7 Å². The van der Waals surface area contributed by atoms with Crippen molar-refractivity contribution in [2.75, 3.05) is 7.11 Å². The van der Waals surface area contributed by atoms with Crippen LogP contribution in [0, 0.1) is 0 Å². The van der Waals surface area contributed by atoms with Crippen molar-refractivity contribution in [1.29, 1.82) is 0 Å². The number of ether oxygens (including phenoxy) is 2. The number of hydrogen-bond donors (Lipinski definition) is 0. The van der Waals surface area contributed by atoms with Gasteiger partial charge in [-0.15, -0.1) is 5.10 Å². The third kappa shape index (κ3) is 1.57. The van der Waals surface area contributed by atoms with E-state index in [9.17, 15) is 4.79 Å². The molecule has 0 radical (unpaired) electrons. The van der Waals surface area contributed by atoms with Crippen molar-refractivity contribution in [3.05, 3.63) is 23.0 Å². The molecule has 5 nitrogen and oxygen atoms in total. The minimum Gasteiger partial charge on any atom is -0.464 e. The lowest BCUT2D eigenvalue weighted by atomic mass is 9.94. The molecular weight excluding hydrogens is 208 g/mol. The molecule has 0 aromatic carbocycles. The smallest absolute Gasteiger partial charge is 0.358 e. The van der Waals surface area contributed by atoms with Crippen LogP contribution in [0.1, 0.15) is 42.0 Å². The minimum atomic E-state index is -0.472. The average molecular weight is 222 g/mol. The highest BCUT2D eigenvalue weighted by Crippen LogP contribution is 2.37. The monoisotopic (exact) mass is 222 g/mol. The number of aromatic nitrogens is 2. The first-order chi connectivity index (χ1) is 7.60. The van der Waals surface area contributed by atoms with E-state index in [4.69, 9.17) is 4.74 Å². The van der Waals surface area contributed by atoms with Crippen molar-refractivity contribution >= 4 is 5.97 Å². The lowest BCUT2D eigenvalue weighted by molar-refractivity contribution is -0.0264. The molecule has 0 spiro atoms. The molecule has 1 unspecified atom stereocenters. The number of carbonyl (C=O) groups is 1. The van der Waals surface area contributed by atoms with E-state index in [0.29, 0.717) is 6.61 Å². The van der Waals surface area contributed by atoms with Crippen LogP contribution >= 0.6 is 0 Å². The summed E-state index contributed by atoms with van der Waals surface area (Å²) in [4.78, 5) is 11.3. The molecule has 0 bridgehead atoms. The summed E-state index contributed by atoms with van der Waals surface area (Å²) in [5.41, 5.74) is 1.60. The Morgan fingerprint density at radius 3 is 3.00 bits per heavy atom. The minimum absolute atomic E-state index is 0.228. The Bertz CT molecular complexity index is 433. The van der Waals surface area contributed by atoms with Crippen LogP contribution in [0.15, 0.2) is 6.07 Å². The summed E-state index contributed by atoms with van der Waals surface area (Å²) in [6.07, 6.45) is 0.826. The largest absolute Gasteiger partial charge is 0.464 e. The zero-order valence-corrected chi connectivity index (χ0v) is 9.61. The molecule has 16 heavy (non-hydrogen) atoms. The van der Waals surface area contributed by atoms with E-state index in [1.807, 2.05) is 13.8 Å². The molecule has 2 rings (SSSR count). The van der Waals surface area contributed by atoms with E-state index in [-0.39, 0.29) is 11.3 Å². The van der Waals surface area contributed by atoms with E-state index >= 15 is 0 Å². The normalized spacial score (nSPS) is 22.9. The first-order valence-corrected chi connectivity index (χ1v) is 5.20.